The van der Waals surface area contributed by atoms with E-state index in [0.29, 0.717) is 6.04 Å². The lowest BCUT2D eigenvalue weighted by molar-refractivity contribution is 0.446. The molecule has 2 heteroatoms. The van der Waals surface area contributed by atoms with Crippen molar-refractivity contribution in [3.63, 3.8) is 0 Å². The summed E-state index contributed by atoms with van der Waals surface area (Å²) in [6.45, 7) is 2.15. The number of nitrogens with two attached hydrogens (primary N) is 1. The number of nitrogen functional groups attached to an aromatic ring is 1. The molecule has 1 aliphatic rings. The van der Waals surface area contributed by atoms with Crippen LogP contribution < -0.4 is 11.1 Å². The predicted octanol–water partition coefficient (Wildman–Crippen LogP) is 2.80. The molecule has 0 radical (unpaired) electrons. The summed E-state index contributed by atoms with van der Waals surface area (Å²) in [5.74, 6) is 0. The third-order valence-corrected chi connectivity index (χ3v) is 2.99. The fourth-order valence-corrected chi connectivity index (χ4v) is 1.74. The average Bonchev–Trinajstić information content (AvgIpc) is 2.13. The lowest BCUT2D eigenvalue weighted by Crippen LogP contribution is -2.27. The number of benzene rings is 1. The van der Waals surface area contributed by atoms with E-state index in [-0.39, 0.29) is 0 Å². The van der Waals surface area contributed by atoms with Crippen molar-refractivity contribution in [3.8, 4) is 0 Å². The first-order valence-electron chi connectivity index (χ1n) is 5.44. The van der Waals surface area contributed by atoms with Gasteiger partial charge in [-0.25, -0.2) is 0 Å². The Balaban J connectivity index is 2.09. The topological polar surface area (TPSA) is 38.0 Å². The summed E-state index contributed by atoms with van der Waals surface area (Å²) in [6.07, 6.45) is 4.97. The van der Waals surface area contributed by atoms with Crippen LogP contribution in [0.4, 0.5) is 11.4 Å². The Labute approximate surface area is 85.5 Å². The molecule has 1 aliphatic carbocycles. The van der Waals surface area contributed by atoms with Gasteiger partial charge in [-0.2, -0.15) is 0 Å². The van der Waals surface area contributed by atoms with Gasteiger partial charge in [-0.1, -0.05) is 13.0 Å². The second-order valence-corrected chi connectivity index (χ2v) is 4.05. The third-order valence-electron chi connectivity index (χ3n) is 2.99. The van der Waals surface area contributed by atoms with Crippen LogP contribution in [-0.2, 0) is 6.42 Å². The Morgan fingerprint density at radius 1 is 1.43 bits per heavy atom. The maximum atomic E-state index is 5.96. The smallest absolute Gasteiger partial charge is 0.0576 e. The standard InChI is InChI=1S/C12H18N2/c1-2-9-6-7-12(11(13)8-9)14-10-4-3-5-10/h6-8,10,14H,2-5,13H2,1H3. The zero-order valence-corrected chi connectivity index (χ0v) is 8.72. The molecule has 1 aromatic rings. The molecule has 0 bridgehead atoms. The highest BCUT2D eigenvalue weighted by Crippen LogP contribution is 2.27. The first-order chi connectivity index (χ1) is 6.79. The van der Waals surface area contributed by atoms with Crippen molar-refractivity contribution in [1.29, 1.82) is 0 Å². The van der Waals surface area contributed by atoms with Gasteiger partial charge in [0.2, 0.25) is 0 Å². The molecule has 0 saturated heterocycles. The quantitative estimate of drug-likeness (QED) is 0.719. The van der Waals surface area contributed by atoms with Crippen LogP contribution in [0.1, 0.15) is 31.7 Å². The maximum absolute atomic E-state index is 5.96. The molecule has 76 valence electrons. The zero-order chi connectivity index (χ0) is 9.97. The molecule has 0 heterocycles. The summed E-state index contributed by atoms with van der Waals surface area (Å²) >= 11 is 0. The fourth-order valence-electron chi connectivity index (χ4n) is 1.74. The van der Waals surface area contributed by atoms with Gasteiger partial charge in [-0.3, -0.25) is 0 Å². The monoisotopic (exact) mass is 190 g/mol. The maximum Gasteiger partial charge on any atom is 0.0576 e. The highest BCUT2D eigenvalue weighted by Gasteiger charge is 2.17. The minimum absolute atomic E-state index is 0.657. The van der Waals surface area contributed by atoms with E-state index in [1.807, 2.05) is 0 Å². The second-order valence-electron chi connectivity index (χ2n) is 4.05. The van der Waals surface area contributed by atoms with Gasteiger partial charge in [0.15, 0.2) is 0 Å². The van der Waals surface area contributed by atoms with Crippen LogP contribution in [0.3, 0.4) is 0 Å². The van der Waals surface area contributed by atoms with Crippen molar-refractivity contribution in [2.75, 3.05) is 11.1 Å². The third kappa shape index (κ3) is 1.84. The van der Waals surface area contributed by atoms with Gasteiger partial charge in [-0.15, -0.1) is 0 Å². The molecule has 1 aromatic carbocycles. The SMILES string of the molecule is CCc1ccc(NC2CCC2)c(N)c1. The molecule has 14 heavy (non-hydrogen) atoms. The molecule has 0 spiro atoms. The molecule has 0 amide bonds. The minimum atomic E-state index is 0.657. The molecule has 2 rings (SSSR count). The minimum Gasteiger partial charge on any atom is -0.397 e. The Bertz CT molecular complexity index is 316. The Morgan fingerprint density at radius 3 is 2.71 bits per heavy atom. The van der Waals surface area contributed by atoms with Crippen LogP contribution in [0.5, 0.6) is 0 Å². The van der Waals surface area contributed by atoms with E-state index in [0.717, 1.165) is 17.8 Å². The largest absolute Gasteiger partial charge is 0.397 e. The lowest BCUT2D eigenvalue weighted by atomic mass is 9.93. The van der Waals surface area contributed by atoms with Gasteiger partial charge in [0.1, 0.15) is 0 Å². The summed E-state index contributed by atoms with van der Waals surface area (Å²) < 4.78 is 0. The summed E-state index contributed by atoms with van der Waals surface area (Å²) in [5, 5.41) is 3.47. The van der Waals surface area contributed by atoms with E-state index in [2.05, 4.69) is 30.4 Å². The van der Waals surface area contributed by atoms with Crippen LogP contribution in [0, 0.1) is 0 Å². The second kappa shape index (κ2) is 3.91. The Kier molecular flexibility index (Phi) is 2.62. The van der Waals surface area contributed by atoms with Gasteiger partial charge in [0, 0.05) is 6.04 Å². The van der Waals surface area contributed by atoms with Crippen molar-refractivity contribution in [1.82, 2.24) is 0 Å². The Hall–Kier alpha value is -1.18. The van der Waals surface area contributed by atoms with Crippen molar-refractivity contribution < 1.29 is 0 Å². The summed E-state index contributed by atoms with van der Waals surface area (Å²) in [5.41, 5.74) is 9.26. The summed E-state index contributed by atoms with van der Waals surface area (Å²) in [7, 11) is 0. The number of hydrogen-bond donors (Lipinski definition) is 2. The summed E-state index contributed by atoms with van der Waals surface area (Å²) in [4.78, 5) is 0. The predicted molar refractivity (Wildman–Crippen MR) is 61.5 cm³/mol. The van der Waals surface area contributed by atoms with Gasteiger partial charge >= 0.3 is 0 Å². The van der Waals surface area contributed by atoms with Crippen molar-refractivity contribution in [3.05, 3.63) is 23.8 Å². The number of anilines is 2. The van der Waals surface area contributed by atoms with Crippen LogP contribution in [0.25, 0.3) is 0 Å². The molecule has 0 aliphatic heterocycles. The van der Waals surface area contributed by atoms with E-state index < -0.39 is 0 Å². The van der Waals surface area contributed by atoms with Crippen LogP contribution in [0.15, 0.2) is 18.2 Å². The fraction of sp³-hybridized carbons (Fsp3) is 0.500. The van der Waals surface area contributed by atoms with Crippen molar-refractivity contribution >= 4 is 11.4 Å². The Morgan fingerprint density at radius 2 is 2.21 bits per heavy atom. The molecule has 1 saturated carbocycles. The van der Waals surface area contributed by atoms with Crippen molar-refractivity contribution in [2.24, 2.45) is 0 Å². The van der Waals surface area contributed by atoms with Crippen LogP contribution in [-0.4, -0.2) is 6.04 Å². The normalized spacial score (nSPS) is 16.4. The highest BCUT2D eigenvalue weighted by atomic mass is 14.9. The molecule has 3 N–H and O–H groups in total. The summed E-state index contributed by atoms with van der Waals surface area (Å²) in [6, 6.07) is 6.98. The van der Waals surface area contributed by atoms with E-state index in [1.165, 1.54) is 24.8 Å². The average molecular weight is 190 g/mol. The number of nitrogens with one attached hydrogen (secondary N) is 1. The van der Waals surface area contributed by atoms with E-state index in [1.54, 1.807) is 0 Å². The molecule has 1 fully saturated rings. The molecule has 0 atom stereocenters. The molecule has 0 aromatic heterocycles. The van der Waals surface area contributed by atoms with Crippen LogP contribution in [0.2, 0.25) is 0 Å². The number of aryl methyl sites for hydroxylation is 1. The van der Waals surface area contributed by atoms with Crippen LogP contribution >= 0.6 is 0 Å². The number of hydrogen-bond acceptors (Lipinski definition) is 2. The first kappa shape index (κ1) is 9.38. The molecular weight excluding hydrogens is 172 g/mol. The molecule has 2 nitrogen and oxygen atoms in total. The molecular formula is C12H18N2. The molecule has 0 unspecified atom stereocenters. The van der Waals surface area contributed by atoms with E-state index in [4.69, 9.17) is 5.73 Å². The van der Waals surface area contributed by atoms with E-state index >= 15 is 0 Å². The zero-order valence-electron chi connectivity index (χ0n) is 8.72. The van der Waals surface area contributed by atoms with Crippen molar-refractivity contribution in [2.45, 2.75) is 38.6 Å². The first-order valence-corrected chi connectivity index (χ1v) is 5.44. The van der Waals surface area contributed by atoms with Gasteiger partial charge in [0.05, 0.1) is 11.4 Å². The van der Waals surface area contributed by atoms with Gasteiger partial charge in [0.25, 0.3) is 0 Å². The van der Waals surface area contributed by atoms with Gasteiger partial charge < -0.3 is 11.1 Å². The lowest BCUT2D eigenvalue weighted by Gasteiger charge is -2.28. The highest BCUT2D eigenvalue weighted by molar-refractivity contribution is 5.67. The number of rotatable bonds is 3. The van der Waals surface area contributed by atoms with E-state index in [9.17, 15) is 0 Å². The van der Waals surface area contributed by atoms with Gasteiger partial charge in [-0.05, 0) is 43.4 Å².